The van der Waals surface area contributed by atoms with Crippen molar-refractivity contribution in [3.05, 3.63) is 48.2 Å². The molecular weight excluding hydrogens is 238 g/mol. The van der Waals surface area contributed by atoms with E-state index in [0.717, 1.165) is 23.2 Å². The summed E-state index contributed by atoms with van der Waals surface area (Å²) < 4.78 is 0. The predicted octanol–water partition coefficient (Wildman–Crippen LogP) is 2.28. The number of hydrogen-bond acceptors (Lipinski definition) is 3. The van der Waals surface area contributed by atoms with Gasteiger partial charge in [-0.1, -0.05) is 30.3 Å². The molecule has 0 bridgehead atoms. The van der Waals surface area contributed by atoms with Crippen molar-refractivity contribution in [3.63, 3.8) is 0 Å². The molecule has 2 aromatic rings. The first-order valence-electron chi connectivity index (χ1n) is 6.34. The molecule has 1 saturated heterocycles. The molecule has 0 spiro atoms. The molecule has 1 aromatic carbocycles. The number of nitrogen functional groups attached to an aromatic ring is 1. The van der Waals surface area contributed by atoms with Crippen LogP contribution in [0.3, 0.4) is 0 Å². The number of nitrogens with two attached hydrogens (primary N) is 1. The second-order valence-electron chi connectivity index (χ2n) is 4.73. The summed E-state index contributed by atoms with van der Waals surface area (Å²) in [7, 11) is 0. The molecule has 0 unspecified atom stereocenters. The maximum Gasteiger partial charge on any atom is 0.220 e. The van der Waals surface area contributed by atoms with Crippen LogP contribution in [0, 0.1) is 0 Å². The van der Waals surface area contributed by atoms with Crippen molar-refractivity contribution in [2.75, 3.05) is 5.73 Å². The molecule has 0 saturated carbocycles. The zero-order valence-electron chi connectivity index (χ0n) is 10.5. The third-order valence-electron chi connectivity index (χ3n) is 3.38. The molecule has 1 amide bonds. The predicted molar refractivity (Wildman–Crippen MR) is 74.2 cm³/mol. The summed E-state index contributed by atoms with van der Waals surface area (Å²) in [5.41, 5.74) is 9.49. The van der Waals surface area contributed by atoms with Gasteiger partial charge in [0.25, 0.3) is 0 Å². The monoisotopic (exact) mass is 253 g/mol. The summed E-state index contributed by atoms with van der Waals surface area (Å²) >= 11 is 0. The Hall–Kier alpha value is -2.36. The van der Waals surface area contributed by atoms with Crippen LogP contribution < -0.4 is 11.1 Å². The van der Waals surface area contributed by atoms with E-state index in [9.17, 15) is 4.79 Å². The molecule has 96 valence electrons. The minimum Gasteiger partial charge on any atom is -0.397 e. The van der Waals surface area contributed by atoms with Gasteiger partial charge in [0.1, 0.15) is 0 Å². The zero-order valence-corrected chi connectivity index (χ0v) is 10.5. The second-order valence-corrected chi connectivity index (χ2v) is 4.73. The molecule has 1 aliphatic heterocycles. The van der Waals surface area contributed by atoms with Gasteiger partial charge < -0.3 is 11.1 Å². The van der Waals surface area contributed by atoms with Crippen molar-refractivity contribution in [1.29, 1.82) is 0 Å². The largest absolute Gasteiger partial charge is 0.397 e. The molecule has 1 aliphatic rings. The van der Waals surface area contributed by atoms with E-state index in [1.807, 2.05) is 36.4 Å². The van der Waals surface area contributed by atoms with Gasteiger partial charge in [0, 0.05) is 18.2 Å². The minimum absolute atomic E-state index is 0.0483. The van der Waals surface area contributed by atoms with Gasteiger partial charge in [-0.05, 0) is 18.1 Å². The number of amides is 1. The molecule has 1 aromatic heterocycles. The average molecular weight is 253 g/mol. The lowest BCUT2D eigenvalue weighted by atomic mass is 10.0. The second kappa shape index (κ2) is 4.72. The van der Waals surface area contributed by atoms with Crippen LogP contribution >= 0.6 is 0 Å². The van der Waals surface area contributed by atoms with Gasteiger partial charge in [-0.2, -0.15) is 0 Å². The zero-order chi connectivity index (χ0) is 13.2. The van der Waals surface area contributed by atoms with Crippen LogP contribution in [0.25, 0.3) is 11.3 Å². The first-order valence-corrected chi connectivity index (χ1v) is 6.34. The fourth-order valence-electron chi connectivity index (χ4n) is 2.39. The van der Waals surface area contributed by atoms with Crippen molar-refractivity contribution in [1.82, 2.24) is 10.3 Å². The molecule has 3 rings (SSSR count). The quantitative estimate of drug-likeness (QED) is 0.862. The Balaban J connectivity index is 1.92. The number of nitrogens with zero attached hydrogens (tertiary/aromatic N) is 1. The Bertz CT molecular complexity index is 610. The highest BCUT2D eigenvalue weighted by Gasteiger charge is 2.23. The number of carbonyl (C=O) groups is 1. The van der Waals surface area contributed by atoms with Crippen LogP contribution in [0.15, 0.2) is 42.6 Å². The normalized spacial score (nSPS) is 18.3. The molecule has 4 heteroatoms. The van der Waals surface area contributed by atoms with Crippen molar-refractivity contribution in [2.45, 2.75) is 18.9 Å². The van der Waals surface area contributed by atoms with Gasteiger partial charge in [0.2, 0.25) is 5.91 Å². The molecule has 0 radical (unpaired) electrons. The van der Waals surface area contributed by atoms with Gasteiger partial charge in [0.15, 0.2) is 0 Å². The van der Waals surface area contributed by atoms with Crippen molar-refractivity contribution >= 4 is 11.6 Å². The maximum atomic E-state index is 11.2. The lowest BCUT2D eigenvalue weighted by molar-refractivity contribution is -0.119. The van der Waals surface area contributed by atoms with Gasteiger partial charge in [-0.25, -0.2) is 0 Å². The maximum absolute atomic E-state index is 11.2. The third kappa shape index (κ3) is 2.29. The van der Waals surface area contributed by atoms with E-state index in [0.29, 0.717) is 12.1 Å². The lowest BCUT2D eigenvalue weighted by Gasteiger charge is -2.12. The SMILES string of the molecule is Nc1cc([C@@H]2CCC(=O)N2)cnc1-c1ccccc1. The lowest BCUT2D eigenvalue weighted by Crippen LogP contribution is -2.18. The Morgan fingerprint density at radius 2 is 2.05 bits per heavy atom. The highest BCUT2D eigenvalue weighted by molar-refractivity contribution is 5.79. The Labute approximate surface area is 111 Å². The fourth-order valence-corrected chi connectivity index (χ4v) is 2.39. The standard InChI is InChI=1S/C15H15N3O/c16-12-8-11(13-6-7-14(19)18-13)9-17-15(12)10-4-2-1-3-5-10/h1-5,8-9,13H,6-7,16H2,(H,18,19)/t13-/m0/s1. The van der Waals surface area contributed by atoms with E-state index in [1.165, 1.54) is 0 Å². The van der Waals surface area contributed by atoms with Gasteiger partial charge in [-0.3, -0.25) is 9.78 Å². The smallest absolute Gasteiger partial charge is 0.220 e. The molecule has 4 nitrogen and oxygen atoms in total. The molecule has 3 N–H and O–H groups in total. The summed E-state index contributed by atoms with van der Waals surface area (Å²) in [5.74, 6) is 0.0932. The first-order chi connectivity index (χ1) is 9.24. The number of aromatic nitrogens is 1. The highest BCUT2D eigenvalue weighted by Crippen LogP contribution is 2.29. The van der Waals surface area contributed by atoms with Gasteiger partial charge in [-0.15, -0.1) is 0 Å². The molecule has 19 heavy (non-hydrogen) atoms. The van der Waals surface area contributed by atoms with E-state index in [1.54, 1.807) is 6.20 Å². The van der Waals surface area contributed by atoms with Crippen LogP contribution in [-0.2, 0) is 4.79 Å². The molecule has 0 aliphatic carbocycles. The van der Waals surface area contributed by atoms with Crippen LogP contribution in [0.4, 0.5) is 5.69 Å². The summed E-state index contributed by atoms with van der Waals surface area (Å²) in [5, 5.41) is 2.92. The van der Waals surface area contributed by atoms with Crippen molar-refractivity contribution in [2.24, 2.45) is 0 Å². The molecule has 1 fully saturated rings. The van der Waals surface area contributed by atoms with Crippen molar-refractivity contribution in [3.8, 4) is 11.3 Å². The Morgan fingerprint density at radius 3 is 2.68 bits per heavy atom. The topological polar surface area (TPSA) is 68.0 Å². The summed E-state index contributed by atoms with van der Waals surface area (Å²) in [6.45, 7) is 0. The Morgan fingerprint density at radius 1 is 1.26 bits per heavy atom. The van der Waals surface area contributed by atoms with Gasteiger partial charge in [0.05, 0.1) is 17.4 Å². The van der Waals surface area contributed by atoms with Crippen LogP contribution in [0.5, 0.6) is 0 Å². The van der Waals surface area contributed by atoms with Gasteiger partial charge >= 0.3 is 0 Å². The first kappa shape index (κ1) is 11.7. The molecule has 1 atom stereocenters. The van der Waals surface area contributed by atoms with E-state index in [4.69, 9.17) is 5.73 Å². The molecule has 2 heterocycles. The number of rotatable bonds is 2. The average Bonchev–Trinajstić information content (AvgIpc) is 2.86. The number of carbonyl (C=O) groups excluding carboxylic acids is 1. The van der Waals surface area contributed by atoms with E-state index in [2.05, 4.69) is 10.3 Å². The highest BCUT2D eigenvalue weighted by atomic mass is 16.1. The number of nitrogens with one attached hydrogen (secondary N) is 1. The van der Waals surface area contributed by atoms with Crippen LogP contribution in [-0.4, -0.2) is 10.9 Å². The van der Waals surface area contributed by atoms with E-state index in [-0.39, 0.29) is 11.9 Å². The summed E-state index contributed by atoms with van der Waals surface area (Å²) in [6.07, 6.45) is 3.19. The molecular formula is C15H15N3O. The van der Waals surface area contributed by atoms with E-state index < -0.39 is 0 Å². The Kier molecular flexibility index (Phi) is 2.91. The summed E-state index contributed by atoms with van der Waals surface area (Å²) in [4.78, 5) is 15.7. The third-order valence-corrected chi connectivity index (χ3v) is 3.38. The minimum atomic E-state index is 0.0483. The fraction of sp³-hybridized carbons (Fsp3) is 0.200. The number of hydrogen-bond donors (Lipinski definition) is 2. The number of benzene rings is 1. The van der Waals surface area contributed by atoms with Crippen LogP contribution in [0.1, 0.15) is 24.4 Å². The number of anilines is 1. The van der Waals surface area contributed by atoms with Crippen molar-refractivity contribution < 1.29 is 4.79 Å². The van der Waals surface area contributed by atoms with Crippen LogP contribution in [0.2, 0.25) is 0 Å². The van der Waals surface area contributed by atoms with E-state index >= 15 is 0 Å². The number of pyridine rings is 1. The summed E-state index contributed by atoms with van der Waals surface area (Å²) in [6, 6.07) is 11.8.